The van der Waals surface area contributed by atoms with Crippen molar-refractivity contribution in [2.75, 3.05) is 31.1 Å². The highest BCUT2D eigenvalue weighted by Crippen LogP contribution is 2.29. The van der Waals surface area contributed by atoms with Gasteiger partial charge in [0.1, 0.15) is 11.6 Å². The average molecular weight is 368 g/mol. The van der Waals surface area contributed by atoms with Crippen LogP contribution in [-0.2, 0) is 19.1 Å². The van der Waals surface area contributed by atoms with Crippen LogP contribution in [0.4, 0.5) is 14.5 Å². The number of nitrogens with zero attached hydrogens (tertiary/aromatic N) is 2. The number of anilines is 1. The fourth-order valence-corrected chi connectivity index (χ4v) is 3.30. The average Bonchev–Trinajstić information content (AvgIpc) is 2.95. The molecule has 0 aromatic heterocycles. The van der Waals surface area contributed by atoms with Crippen LogP contribution in [0.5, 0.6) is 0 Å². The van der Waals surface area contributed by atoms with Gasteiger partial charge >= 0.3 is 5.97 Å². The molecule has 0 bridgehead atoms. The zero-order valence-corrected chi connectivity index (χ0v) is 13.9. The number of hydrogen-bond acceptors (Lipinski definition) is 4. The van der Waals surface area contributed by atoms with Crippen molar-refractivity contribution >= 4 is 23.5 Å². The maximum atomic E-state index is 13.9. The van der Waals surface area contributed by atoms with Gasteiger partial charge in [0.25, 0.3) is 0 Å². The Morgan fingerprint density at radius 1 is 1.27 bits per heavy atom. The number of ether oxygens (including phenoxy) is 1. The number of rotatable bonds is 4. The second-order valence-electron chi connectivity index (χ2n) is 6.38. The van der Waals surface area contributed by atoms with Crippen molar-refractivity contribution in [2.45, 2.75) is 18.9 Å². The molecule has 2 atom stereocenters. The molecule has 9 heteroatoms. The minimum Gasteiger partial charge on any atom is -0.481 e. The summed E-state index contributed by atoms with van der Waals surface area (Å²) in [6.45, 7) is 0.674. The molecular formula is C17H18F2N2O5. The van der Waals surface area contributed by atoms with Crippen LogP contribution < -0.4 is 4.90 Å². The van der Waals surface area contributed by atoms with E-state index in [1.54, 1.807) is 0 Å². The van der Waals surface area contributed by atoms with Crippen LogP contribution in [0, 0.1) is 17.6 Å². The SMILES string of the molecule is O=C(O)C[C@H]1CN(C(=O)[C@@H]2CC(=O)N(c3ccc(F)cc3F)C2)CCO1. The van der Waals surface area contributed by atoms with E-state index in [-0.39, 0.29) is 44.1 Å². The lowest BCUT2D eigenvalue weighted by Crippen LogP contribution is -2.48. The molecule has 0 saturated carbocycles. The Morgan fingerprint density at radius 3 is 2.73 bits per heavy atom. The molecule has 2 fully saturated rings. The topological polar surface area (TPSA) is 87.2 Å². The number of benzene rings is 1. The summed E-state index contributed by atoms with van der Waals surface area (Å²) in [5, 5.41) is 8.85. The molecule has 140 valence electrons. The number of halogens is 2. The van der Waals surface area contributed by atoms with Crippen LogP contribution in [0.1, 0.15) is 12.8 Å². The van der Waals surface area contributed by atoms with Gasteiger partial charge in [-0.15, -0.1) is 0 Å². The zero-order valence-electron chi connectivity index (χ0n) is 13.9. The van der Waals surface area contributed by atoms with Crippen molar-refractivity contribution in [3.8, 4) is 0 Å². The molecule has 3 rings (SSSR count). The number of carboxylic acid groups (broad SMARTS) is 1. The monoisotopic (exact) mass is 368 g/mol. The van der Waals surface area contributed by atoms with Crippen molar-refractivity contribution in [3.63, 3.8) is 0 Å². The van der Waals surface area contributed by atoms with Gasteiger partial charge in [-0.3, -0.25) is 14.4 Å². The first-order chi connectivity index (χ1) is 12.3. The summed E-state index contributed by atoms with van der Waals surface area (Å²) in [6, 6.07) is 2.92. The Bertz CT molecular complexity index is 742. The molecule has 2 amide bonds. The van der Waals surface area contributed by atoms with Crippen molar-refractivity contribution < 1.29 is 33.0 Å². The summed E-state index contributed by atoms with van der Waals surface area (Å²) >= 11 is 0. The Balaban J connectivity index is 1.68. The largest absolute Gasteiger partial charge is 0.481 e. The van der Waals surface area contributed by atoms with E-state index in [4.69, 9.17) is 9.84 Å². The van der Waals surface area contributed by atoms with Crippen LogP contribution in [0.3, 0.4) is 0 Å². The molecule has 0 spiro atoms. The fraction of sp³-hybridized carbons (Fsp3) is 0.471. The first-order valence-electron chi connectivity index (χ1n) is 8.22. The molecule has 2 aliphatic heterocycles. The molecule has 0 aliphatic carbocycles. The van der Waals surface area contributed by atoms with Crippen LogP contribution in [0.15, 0.2) is 18.2 Å². The molecule has 0 radical (unpaired) electrons. The third-order valence-corrected chi connectivity index (χ3v) is 4.53. The third kappa shape index (κ3) is 3.82. The predicted octanol–water partition coefficient (Wildman–Crippen LogP) is 1.02. The maximum Gasteiger partial charge on any atom is 0.306 e. The summed E-state index contributed by atoms with van der Waals surface area (Å²) in [5.41, 5.74) is -0.0579. The first kappa shape index (κ1) is 18.2. The predicted molar refractivity (Wildman–Crippen MR) is 85.4 cm³/mol. The lowest BCUT2D eigenvalue weighted by atomic mass is 10.1. The Morgan fingerprint density at radius 2 is 2.04 bits per heavy atom. The Kier molecular flexibility index (Phi) is 5.17. The van der Waals surface area contributed by atoms with Gasteiger partial charge in [0, 0.05) is 32.1 Å². The van der Waals surface area contributed by atoms with Crippen molar-refractivity contribution in [2.24, 2.45) is 5.92 Å². The fourth-order valence-electron chi connectivity index (χ4n) is 3.30. The number of hydrogen-bond donors (Lipinski definition) is 1. The highest BCUT2D eigenvalue weighted by molar-refractivity contribution is 6.00. The van der Waals surface area contributed by atoms with E-state index in [1.807, 2.05) is 0 Å². The lowest BCUT2D eigenvalue weighted by Gasteiger charge is -2.33. The number of morpholine rings is 1. The molecule has 2 heterocycles. The van der Waals surface area contributed by atoms with Crippen molar-refractivity contribution in [1.29, 1.82) is 0 Å². The zero-order chi connectivity index (χ0) is 18.8. The Hall–Kier alpha value is -2.55. The van der Waals surface area contributed by atoms with E-state index >= 15 is 0 Å². The van der Waals surface area contributed by atoms with Gasteiger partial charge in [-0.05, 0) is 12.1 Å². The molecule has 26 heavy (non-hydrogen) atoms. The molecule has 2 aliphatic rings. The summed E-state index contributed by atoms with van der Waals surface area (Å²) in [5.74, 6) is -3.98. The number of carboxylic acids is 1. The summed E-state index contributed by atoms with van der Waals surface area (Å²) in [7, 11) is 0. The van der Waals surface area contributed by atoms with Crippen molar-refractivity contribution in [3.05, 3.63) is 29.8 Å². The molecular weight excluding hydrogens is 350 g/mol. The van der Waals surface area contributed by atoms with E-state index in [2.05, 4.69) is 0 Å². The quantitative estimate of drug-likeness (QED) is 0.858. The smallest absolute Gasteiger partial charge is 0.306 e. The number of aliphatic carboxylic acids is 1. The van der Waals surface area contributed by atoms with E-state index in [1.165, 1.54) is 11.0 Å². The Labute approximate surface area is 148 Å². The van der Waals surface area contributed by atoms with Gasteiger partial charge in [-0.25, -0.2) is 8.78 Å². The third-order valence-electron chi connectivity index (χ3n) is 4.53. The minimum absolute atomic E-state index is 0.00116. The van der Waals surface area contributed by atoms with Gasteiger partial charge < -0.3 is 19.6 Å². The number of amides is 2. The van der Waals surface area contributed by atoms with Crippen LogP contribution in [-0.4, -0.2) is 60.1 Å². The van der Waals surface area contributed by atoms with Gasteiger partial charge in [0.05, 0.1) is 30.7 Å². The number of carbonyl (C=O) groups is 3. The normalized spacial score (nSPS) is 23.4. The van der Waals surface area contributed by atoms with E-state index < -0.39 is 35.5 Å². The van der Waals surface area contributed by atoms with Crippen LogP contribution in [0.2, 0.25) is 0 Å². The lowest BCUT2D eigenvalue weighted by molar-refractivity contribution is -0.149. The highest BCUT2D eigenvalue weighted by Gasteiger charge is 2.39. The summed E-state index contributed by atoms with van der Waals surface area (Å²) < 4.78 is 32.3. The minimum atomic E-state index is -1.02. The van der Waals surface area contributed by atoms with Gasteiger partial charge in [0.2, 0.25) is 11.8 Å². The van der Waals surface area contributed by atoms with Gasteiger partial charge in [-0.1, -0.05) is 0 Å². The van der Waals surface area contributed by atoms with Crippen LogP contribution >= 0.6 is 0 Å². The van der Waals surface area contributed by atoms with Crippen LogP contribution in [0.25, 0.3) is 0 Å². The summed E-state index contributed by atoms with van der Waals surface area (Å²) in [4.78, 5) is 38.3. The van der Waals surface area contributed by atoms with E-state index in [0.29, 0.717) is 12.6 Å². The second kappa shape index (κ2) is 7.36. The molecule has 2 saturated heterocycles. The van der Waals surface area contributed by atoms with E-state index in [9.17, 15) is 23.2 Å². The second-order valence-corrected chi connectivity index (χ2v) is 6.38. The standard InChI is InChI=1S/C17H18F2N2O5/c18-11-1-2-14(13(19)6-11)21-8-10(5-15(21)22)17(25)20-3-4-26-12(9-20)7-16(23)24/h1-2,6,10,12H,3-5,7-9H2,(H,23,24)/t10-,12+/m1/s1. The highest BCUT2D eigenvalue weighted by atomic mass is 19.1. The van der Waals surface area contributed by atoms with Gasteiger partial charge in [0.15, 0.2) is 0 Å². The molecule has 1 aromatic carbocycles. The number of carbonyl (C=O) groups excluding carboxylic acids is 2. The molecule has 0 unspecified atom stereocenters. The first-order valence-corrected chi connectivity index (χ1v) is 8.22. The summed E-state index contributed by atoms with van der Waals surface area (Å²) in [6.07, 6.45) is -0.871. The van der Waals surface area contributed by atoms with E-state index in [0.717, 1.165) is 11.0 Å². The maximum absolute atomic E-state index is 13.9. The van der Waals surface area contributed by atoms with Gasteiger partial charge in [-0.2, -0.15) is 0 Å². The molecule has 1 aromatic rings. The molecule has 1 N–H and O–H groups in total. The molecule has 7 nitrogen and oxygen atoms in total. The van der Waals surface area contributed by atoms with Crippen molar-refractivity contribution in [1.82, 2.24) is 4.90 Å².